The first-order valence-electron chi connectivity index (χ1n) is 9.18. The summed E-state index contributed by atoms with van der Waals surface area (Å²) in [6.07, 6.45) is 14.3. The van der Waals surface area contributed by atoms with E-state index in [1.807, 2.05) is 36.4 Å². The molecule has 0 radical (unpaired) electrons. The Morgan fingerprint density at radius 2 is 1.84 bits per heavy atom. The highest BCUT2D eigenvalue weighted by Crippen LogP contribution is 2.47. The molecule has 4 rings (SSSR count). The third-order valence-electron chi connectivity index (χ3n) is 5.63. The van der Waals surface area contributed by atoms with Gasteiger partial charge in [-0.3, -0.25) is 9.97 Å². The summed E-state index contributed by atoms with van der Waals surface area (Å²) in [5.74, 6) is 0. The van der Waals surface area contributed by atoms with Crippen molar-refractivity contribution < 1.29 is 0 Å². The molecule has 3 nitrogen and oxygen atoms in total. The van der Waals surface area contributed by atoms with Crippen molar-refractivity contribution in [2.24, 2.45) is 0 Å². The maximum Gasteiger partial charge on any atom is 0.106 e. The van der Waals surface area contributed by atoms with Crippen molar-refractivity contribution in [1.29, 1.82) is 0 Å². The van der Waals surface area contributed by atoms with Gasteiger partial charge in [0, 0.05) is 48.0 Å². The molecule has 0 amide bonds. The third-order valence-corrected chi connectivity index (χ3v) is 6.89. The molecule has 1 unspecified atom stereocenters. The first-order valence-corrected chi connectivity index (χ1v) is 10.1. The second-order valence-corrected chi connectivity index (χ2v) is 8.20. The van der Waals surface area contributed by atoms with Crippen molar-refractivity contribution in [1.82, 2.24) is 14.9 Å². The van der Waals surface area contributed by atoms with E-state index in [-0.39, 0.29) is 5.41 Å². The molecule has 1 aliphatic heterocycles. The molecule has 2 aliphatic rings. The molecule has 25 heavy (non-hydrogen) atoms. The predicted octanol–water partition coefficient (Wildman–Crippen LogP) is 5.29. The van der Waals surface area contributed by atoms with Gasteiger partial charge in [0.05, 0.1) is 0 Å². The van der Waals surface area contributed by atoms with Crippen LogP contribution in [0.1, 0.15) is 55.5 Å². The topological polar surface area (TPSA) is 29.0 Å². The molecule has 2 aromatic rings. The van der Waals surface area contributed by atoms with Crippen LogP contribution in [-0.2, 0) is 5.41 Å². The van der Waals surface area contributed by atoms with Gasteiger partial charge in [-0.15, -0.1) is 11.8 Å². The summed E-state index contributed by atoms with van der Waals surface area (Å²) in [7, 11) is 0. The highest BCUT2D eigenvalue weighted by Gasteiger charge is 2.39. The fraction of sp³-hybridized carbons (Fsp3) is 0.429. The number of thioether (sulfide) groups is 1. The van der Waals surface area contributed by atoms with Gasteiger partial charge in [0.2, 0.25) is 0 Å². The summed E-state index contributed by atoms with van der Waals surface area (Å²) in [6, 6.07) is 8.60. The van der Waals surface area contributed by atoms with E-state index in [0.717, 1.165) is 6.54 Å². The van der Waals surface area contributed by atoms with Crippen molar-refractivity contribution in [3.05, 3.63) is 71.3 Å². The van der Waals surface area contributed by atoms with Crippen LogP contribution < -0.4 is 0 Å². The fourth-order valence-corrected chi connectivity index (χ4v) is 5.39. The van der Waals surface area contributed by atoms with Gasteiger partial charge >= 0.3 is 0 Å². The Morgan fingerprint density at radius 1 is 1.08 bits per heavy atom. The summed E-state index contributed by atoms with van der Waals surface area (Å²) in [5, 5.41) is 2.64. The van der Waals surface area contributed by atoms with Crippen molar-refractivity contribution in [2.75, 3.05) is 6.54 Å². The summed E-state index contributed by atoms with van der Waals surface area (Å²) >= 11 is 1.90. The summed E-state index contributed by atoms with van der Waals surface area (Å²) in [4.78, 5) is 11.3. The van der Waals surface area contributed by atoms with Crippen molar-refractivity contribution in [2.45, 2.75) is 49.8 Å². The minimum Gasteiger partial charge on any atom is -0.357 e. The normalized spacial score (nSPS) is 22.7. The highest BCUT2D eigenvalue weighted by atomic mass is 32.2. The number of hydrogen-bond acceptors (Lipinski definition) is 4. The van der Waals surface area contributed by atoms with E-state index in [9.17, 15) is 0 Å². The van der Waals surface area contributed by atoms with Crippen LogP contribution in [0.25, 0.3) is 0 Å². The van der Waals surface area contributed by atoms with Crippen LogP contribution in [0.15, 0.2) is 60.2 Å². The molecule has 0 spiro atoms. The zero-order chi connectivity index (χ0) is 17.1. The Kier molecular flexibility index (Phi) is 4.80. The maximum absolute atomic E-state index is 4.43. The summed E-state index contributed by atoms with van der Waals surface area (Å²) in [6.45, 7) is 3.30. The van der Waals surface area contributed by atoms with Gasteiger partial charge in [-0.05, 0) is 42.9 Å². The van der Waals surface area contributed by atoms with Crippen LogP contribution in [0.3, 0.4) is 0 Å². The van der Waals surface area contributed by atoms with Crippen molar-refractivity contribution >= 4 is 11.8 Å². The molecule has 0 N–H and O–H groups in total. The maximum atomic E-state index is 4.43. The number of rotatable bonds is 4. The van der Waals surface area contributed by atoms with Crippen molar-refractivity contribution in [3.63, 3.8) is 0 Å². The molecule has 4 heteroatoms. The van der Waals surface area contributed by atoms with Crippen LogP contribution in [-0.4, -0.2) is 21.4 Å². The van der Waals surface area contributed by atoms with E-state index in [1.165, 1.54) is 48.9 Å². The number of allylic oxidation sites excluding steroid dienone is 1. The Labute approximate surface area is 154 Å². The lowest BCUT2D eigenvalue weighted by atomic mass is 9.69. The first-order chi connectivity index (χ1) is 12.3. The second kappa shape index (κ2) is 7.20. The number of aromatic nitrogens is 2. The molecular formula is C21H25N3S. The van der Waals surface area contributed by atoms with Crippen LogP contribution >= 0.6 is 11.8 Å². The van der Waals surface area contributed by atoms with Gasteiger partial charge in [0.1, 0.15) is 5.37 Å². The Morgan fingerprint density at radius 3 is 2.52 bits per heavy atom. The molecule has 2 aromatic heterocycles. The van der Waals surface area contributed by atoms with Gasteiger partial charge in [-0.25, -0.2) is 0 Å². The smallest absolute Gasteiger partial charge is 0.106 e. The molecule has 1 fully saturated rings. The lowest BCUT2D eigenvalue weighted by molar-refractivity contribution is 0.193. The highest BCUT2D eigenvalue weighted by molar-refractivity contribution is 8.02. The Bertz CT molecular complexity index is 723. The van der Waals surface area contributed by atoms with E-state index in [0.29, 0.717) is 5.37 Å². The lowest BCUT2D eigenvalue weighted by Crippen LogP contribution is -2.41. The molecule has 0 saturated heterocycles. The van der Waals surface area contributed by atoms with Gasteiger partial charge < -0.3 is 4.90 Å². The largest absolute Gasteiger partial charge is 0.357 e. The summed E-state index contributed by atoms with van der Waals surface area (Å²) in [5.41, 5.74) is 4.28. The average molecular weight is 352 g/mol. The zero-order valence-corrected chi connectivity index (χ0v) is 15.6. The van der Waals surface area contributed by atoms with Gasteiger partial charge in [-0.1, -0.05) is 31.4 Å². The lowest BCUT2D eigenvalue weighted by Gasteiger charge is -2.43. The third kappa shape index (κ3) is 3.32. The molecule has 1 aliphatic carbocycles. The zero-order valence-electron chi connectivity index (χ0n) is 14.8. The monoisotopic (exact) mass is 351 g/mol. The first kappa shape index (κ1) is 16.6. The number of pyridine rings is 2. The Hall–Kier alpha value is -1.81. The van der Waals surface area contributed by atoms with E-state index >= 15 is 0 Å². The molecule has 1 saturated carbocycles. The molecule has 0 aromatic carbocycles. The fourth-order valence-electron chi connectivity index (χ4n) is 4.25. The number of hydrogen-bond donors (Lipinski definition) is 0. The second-order valence-electron chi connectivity index (χ2n) is 7.24. The molecule has 0 bridgehead atoms. The molecule has 130 valence electrons. The van der Waals surface area contributed by atoms with Crippen LogP contribution in [0, 0.1) is 0 Å². The van der Waals surface area contributed by atoms with Gasteiger partial charge in [-0.2, -0.15) is 0 Å². The van der Waals surface area contributed by atoms with Gasteiger partial charge in [0.15, 0.2) is 0 Å². The van der Waals surface area contributed by atoms with Crippen LogP contribution in [0.5, 0.6) is 0 Å². The van der Waals surface area contributed by atoms with E-state index in [2.05, 4.69) is 51.6 Å². The molecular weight excluding hydrogens is 326 g/mol. The standard InChI is InChI=1S/C21H25N3S/c1-17-15-25-20(18-7-5-11-22-13-18)24(17)16-21(9-3-2-4-10-21)19-8-6-12-23-14-19/h5-8,11-15,20H,2-4,9-10,16H2,1H3. The van der Waals surface area contributed by atoms with Crippen molar-refractivity contribution in [3.8, 4) is 0 Å². The summed E-state index contributed by atoms with van der Waals surface area (Å²) < 4.78 is 0. The van der Waals surface area contributed by atoms with E-state index < -0.39 is 0 Å². The Balaban J connectivity index is 1.65. The van der Waals surface area contributed by atoms with Gasteiger partial charge in [0.25, 0.3) is 0 Å². The molecule has 3 heterocycles. The van der Waals surface area contributed by atoms with E-state index in [4.69, 9.17) is 0 Å². The molecule has 1 atom stereocenters. The predicted molar refractivity (Wildman–Crippen MR) is 104 cm³/mol. The van der Waals surface area contributed by atoms with Crippen LogP contribution in [0.4, 0.5) is 0 Å². The average Bonchev–Trinajstić information content (AvgIpc) is 3.04. The number of nitrogens with zero attached hydrogens (tertiary/aromatic N) is 3. The quantitative estimate of drug-likeness (QED) is 0.748. The minimum atomic E-state index is 0.215. The SMILES string of the molecule is CC1=CSC(c2cccnc2)N1CC1(c2cccnc2)CCCCC1. The van der Waals surface area contributed by atoms with E-state index in [1.54, 1.807) is 0 Å². The van der Waals surface area contributed by atoms with Crippen LogP contribution in [0.2, 0.25) is 0 Å². The minimum absolute atomic E-state index is 0.215.